The van der Waals surface area contributed by atoms with Crippen LogP contribution >= 0.6 is 0 Å². The van der Waals surface area contributed by atoms with Crippen molar-refractivity contribution in [3.8, 4) is 11.5 Å². The maximum atomic E-state index is 12.3. The lowest BCUT2D eigenvalue weighted by molar-refractivity contribution is -0.119. The molecule has 0 radical (unpaired) electrons. The molecule has 1 aliphatic carbocycles. The number of benzene rings is 1. The molecule has 5 heteroatoms. The van der Waals surface area contributed by atoms with Crippen molar-refractivity contribution in [3.63, 3.8) is 0 Å². The second-order valence-corrected chi connectivity index (χ2v) is 5.86. The van der Waals surface area contributed by atoms with E-state index in [9.17, 15) is 9.59 Å². The van der Waals surface area contributed by atoms with E-state index >= 15 is 0 Å². The fraction of sp³-hybridized carbons (Fsp3) is 0.500. The zero-order chi connectivity index (χ0) is 14.9. The highest BCUT2D eigenvalue weighted by molar-refractivity contribution is 6.00. The third-order valence-corrected chi connectivity index (χ3v) is 4.21. The van der Waals surface area contributed by atoms with Crippen molar-refractivity contribution in [2.24, 2.45) is 5.73 Å². The molecular weight excluding hydrogens is 270 g/mol. The smallest absolute Gasteiger partial charge is 0.255 e. The van der Waals surface area contributed by atoms with Crippen LogP contribution in [0.4, 0.5) is 0 Å². The van der Waals surface area contributed by atoms with Crippen molar-refractivity contribution >= 4 is 11.7 Å². The number of fused-ring (bicyclic) bond motifs is 1. The number of carbonyl (C=O) groups excluding carboxylic acids is 2. The Kier molecular flexibility index (Phi) is 3.57. The predicted molar refractivity (Wildman–Crippen MR) is 76.5 cm³/mol. The summed E-state index contributed by atoms with van der Waals surface area (Å²) in [5, 5.41) is 0. The Balaban J connectivity index is 1.84. The topological polar surface area (TPSA) is 78.6 Å². The number of rotatable bonds is 3. The maximum absolute atomic E-state index is 12.3. The average molecular weight is 289 g/mol. The van der Waals surface area contributed by atoms with E-state index in [0.29, 0.717) is 23.5 Å². The second-order valence-electron chi connectivity index (χ2n) is 5.86. The van der Waals surface area contributed by atoms with Crippen LogP contribution in [0.15, 0.2) is 18.2 Å². The van der Waals surface area contributed by atoms with Gasteiger partial charge in [-0.2, -0.15) is 0 Å². The Morgan fingerprint density at radius 3 is 2.76 bits per heavy atom. The predicted octanol–water partition coefficient (Wildman–Crippen LogP) is 2.22. The number of nitrogens with two attached hydrogens (primary N) is 1. The molecule has 1 amide bonds. The number of Topliss-reactive ketones (excluding diaryl/α,β-unsaturated/α-hetero) is 1. The largest absolute Gasteiger partial charge is 0.486 e. The van der Waals surface area contributed by atoms with Crippen LogP contribution in [0.5, 0.6) is 11.5 Å². The molecule has 1 aromatic rings. The van der Waals surface area contributed by atoms with Crippen LogP contribution in [0.2, 0.25) is 0 Å². The van der Waals surface area contributed by atoms with Gasteiger partial charge in [0.15, 0.2) is 12.4 Å². The Hall–Kier alpha value is -2.04. The number of ether oxygens (including phenoxy) is 2. The molecule has 1 aliphatic heterocycles. The summed E-state index contributed by atoms with van der Waals surface area (Å²) in [6.07, 6.45) is 5.70. The van der Waals surface area contributed by atoms with E-state index < -0.39 is 5.91 Å². The van der Waals surface area contributed by atoms with Gasteiger partial charge in [0.1, 0.15) is 17.1 Å². The number of primary amides is 1. The summed E-state index contributed by atoms with van der Waals surface area (Å²) >= 11 is 0. The third-order valence-electron chi connectivity index (χ3n) is 4.21. The van der Waals surface area contributed by atoms with Crippen molar-refractivity contribution in [1.29, 1.82) is 0 Å². The molecule has 0 atom stereocenters. The minimum atomic E-state index is -0.534. The van der Waals surface area contributed by atoms with Gasteiger partial charge in [0.05, 0.1) is 12.0 Å². The zero-order valence-electron chi connectivity index (χ0n) is 11.9. The molecule has 21 heavy (non-hydrogen) atoms. The number of hydrogen-bond acceptors (Lipinski definition) is 4. The van der Waals surface area contributed by atoms with Crippen LogP contribution in [0, 0.1) is 0 Å². The molecule has 112 valence electrons. The Morgan fingerprint density at radius 1 is 1.29 bits per heavy atom. The van der Waals surface area contributed by atoms with Gasteiger partial charge in [0.2, 0.25) is 0 Å². The summed E-state index contributed by atoms with van der Waals surface area (Å²) in [4.78, 5) is 23.1. The average Bonchev–Trinajstić information content (AvgIpc) is 2.45. The lowest BCUT2D eigenvalue weighted by Crippen LogP contribution is -2.43. The first-order valence-corrected chi connectivity index (χ1v) is 7.35. The molecule has 1 aromatic carbocycles. The molecule has 0 aromatic heterocycles. The molecular formula is C16H19NO4. The minimum absolute atomic E-state index is 0.125. The van der Waals surface area contributed by atoms with Gasteiger partial charge in [-0.15, -0.1) is 0 Å². The lowest BCUT2D eigenvalue weighted by atomic mass is 9.78. The van der Waals surface area contributed by atoms with Crippen LogP contribution in [0.3, 0.4) is 0 Å². The van der Waals surface area contributed by atoms with E-state index in [0.717, 1.165) is 25.7 Å². The van der Waals surface area contributed by atoms with Crippen molar-refractivity contribution in [2.75, 3.05) is 6.61 Å². The quantitative estimate of drug-likeness (QED) is 0.925. The molecule has 2 N–H and O–H groups in total. The van der Waals surface area contributed by atoms with Gasteiger partial charge in [-0.25, -0.2) is 0 Å². The Bertz CT molecular complexity index is 576. The number of hydrogen-bond donors (Lipinski definition) is 1. The van der Waals surface area contributed by atoms with Crippen molar-refractivity contribution < 1.29 is 19.1 Å². The molecule has 0 bridgehead atoms. The second kappa shape index (κ2) is 5.39. The first kappa shape index (κ1) is 13.9. The fourth-order valence-corrected chi connectivity index (χ4v) is 3.19. The van der Waals surface area contributed by atoms with E-state index in [1.165, 1.54) is 6.42 Å². The van der Waals surface area contributed by atoms with Crippen molar-refractivity contribution in [3.05, 3.63) is 23.8 Å². The maximum Gasteiger partial charge on any atom is 0.255 e. The van der Waals surface area contributed by atoms with Gasteiger partial charge >= 0.3 is 0 Å². The molecule has 5 nitrogen and oxygen atoms in total. The van der Waals surface area contributed by atoms with Gasteiger partial charge < -0.3 is 15.2 Å². The third kappa shape index (κ3) is 2.86. The molecule has 1 fully saturated rings. The van der Waals surface area contributed by atoms with Gasteiger partial charge in [0, 0.05) is 6.07 Å². The minimum Gasteiger partial charge on any atom is -0.486 e. The summed E-state index contributed by atoms with van der Waals surface area (Å²) < 4.78 is 11.4. The molecule has 2 aliphatic rings. The Morgan fingerprint density at radius 2 is 2.05 bits per heavy atom. The SMILES string of the molecule is NC(=O)COc1ccc2c(c1)OC1(CCCCC1)CC2=O. The normalized spacial score (nSPS) is 19.7. The molecule has 3 rings (SSSR count). The van der Waals surface area contributed by atoms with Crippen molar-refractivity contribution in [2.45, 2.75) is 44.1 Å². The number of carbonyl (C=O) groups is 2. The van der Waals surface area contributed by atoms with E-state index in [2.05, 4.69) is 0 Å². The van der Waals surface area contributed by atoms with Crippen LogP contribution < -0.4 is 15.2 Å². The van der Waals surface area contributed by atoms with E-state index in [-0.39, 0.29) is 18.0 Å². The highest BCUT2D eigenvalue weighted by Gasteiger charge is 2.41. The van der Waals surface area contributed by atoms with E-state index in [4.69, 9.17) is 15.2 Å². The number of amides is 1. The molecule has 1 spiro atoms. The zero-order valence-corrected chi connectivity index (χ0v) is 11.9. The van der Waals surface area contributed by atoms with Crippen LogP contribution in [-0.4, -0.2) is 23.9 Å². The molecule has 0 saturated heterocycles. The first-order valence-electron chi connectivity index (χ1n) is 7.35. The van der Waals surface area contributed by atoms with E-state index in [1.807, 2.05) is 0 Å². The van der Waals surface area contributed by atoms with Gasteiger partial charge in [-0.1, -0.05) is 6.42 Å². The van der Waals surface area contributed by atoms with Crippen LogP contribution in [0.1, 0.15) is 48.9 Å². The first-order chi connectivity index (χ1) is 10.1. The summed E-state index contributed by atoms with van der Waals surface area (Å²) in [7, 11) is 0. The monoisotopic (exact) mass is 289 g/mol. The molecule has 1 heterocycles. The van der Waals surface area contributed by atoms with Gasteiger partial charge in [-0.3, -0.25) is 9.59 Å². The Labute approximate surface area is 123 Å². The standard InChI is InChI=1S/C16H19NO4/c17-15(19)10-20-11-4-5-12-13(18)9-16(21-14(12)8-11)6-2-1-3-7-16/h4-5,8H,1-3,6-7,9-10H2,(H2,17,19). The highest BCUT2D eigenvalue weighted by atomic mass is 16.5. The van der Waals surface area contributed by atoms with Gasteiger partial charge in [-0.05, 0) is 37.8 Å². The summed E-state index contributed by atoms with van der Waals surface area (Å²) in [5.74, 6) is 0.649. The number of ketones is 1. The van der Waals surface area contributed by atoms with Crippen LogP contribution in [-0.2, 0) is 4.79 Å². The van der Waals surface area contributed by atoms with Crippen molar-refractivity contribution in [1.82, 2.24) is 0 Å². The van der Waals surface area contributed by atoms with Crippen LogP contribution in [0.25, 0.3) is 0 Å². The van der Waals surface area contributed by atoms with Gasteiger partial charge in [0.25, 0.3) is 5.91 Å². The molecule has 1 saturated carbocycles. The highest BCUT2D eigenvalue weighted by Crippen LogP contribution is 2.42. The lowest BCUT2D eigenvalue weighted by Gasteiger charge is -2.40. The van der Waals surface area contributed by atoms with E-state index in [1.54, 1.807) is 18.2 Å². The summed E-state index contributed by atoms with van der Waals surface area (Å²) in [6.45, 7) is -0.183. The summed E-state index contributed by atoms with van der Waals surface area (Å²) in [6, 6.07) is 5.05. The summed E-state index contributed by atoms with van der Waals surface area (Å²) in [5.41, 5.74) is 5.32. The fourth-order valence-electron chi connectivity index (χ4n) is 3.19. The molecule has 0 unspecified atom stereocenters.